The Balaban J connectivity index is 2.39. The summed E-state index contributed by atoms with van der Waals surface area (Å²) in [5.74, 6) is 7.54. The molecule has 20 heavy (non-hydrogen) atoms. The van der Waals surface area contributed by atoms with E-state index in [1.54, 1.807) is 26.6 Å². The van der Waals surface area contributed by atoms with E-state index in [0.29, 0.717) is 17.3 Å². The van der Waals surface area contributed by atoms with Gasteiger partial charge in [-0.15, -0.1) is 0 Å². The minimum absolute atomic E-state index is 0.310. The van der Waals surface area contributed by atoms with Crippen LogP contribution in [0.4, 0.5) is 0 Å². The molecule has 0 aliphatic rings. The van der Waals surface area contributed by atoms with E-state index in [-0.39, 0.29) is 6.04 Å². The molecule has 0 fully saturated rings. The number of rotatable bonds is 5. The maximum absolute atomic E-state index is 5.63. The first-order chi connectivity index (χ1) is 9.69. The van der Waals surface area contributed by atoms with Crippen LogP contribution in [0, 0.1) is 6.92 Å². The van der Waals surface area contributed by atoms with Crippen molar-refractivity contribution in [3.63, 3.8) is 0 Å². The summed E-state index contributed by atoms with van der Waals surface area (Å²) >= 11 is 0. The Hall–Kier alpha value is -2.18. The Labute approximate surface area is 117 Å². The molecule has 1 unspecified atom stereocenters. The number of aryl methyl sites for hydroxylation is 1. The van der Waals surface area contributed by atoms with Gasteiger partial charge in [0, 0.05) is 12.4 Å². The van der Waals surface area contributed by atoms with E-state index >= 15 is 0 Å². The zero-order valence-electron chi connectivity index (χ0n) is 11.8. The Bertz CT molecular complexity index is 572. The fraction of sp³-hybridized carbons (Fsp3) is 0.286. The van der Waals surface area contributed by atoms with Crippen molar-refractivity contribution in [1.29, 1.82) is 0 Å². The summed E-state index contributed by atoms with van der Waals surface area (Å²) in [5, 5.41) is 0. The Morgan fingerprint density at radius 3 is 2.30 bits per heavy atom. The molecule has 0 radical (unpaired) electrons. The number of nitrogens with zero attached hydrogens (tertiary/aromatic N) is 2. The average Bonchev–Trinajstić information content (AvgIpc) is 2.49. The summed E-state index contributed by atoms with van der Waals surface area (Å²) in [4.78, 5) is 8.60. The number of methoxy groups -OCH3 is 2. The van der Waals surface area contributed by atoms with Crippen molar-refractivity contribution >= 4 is 0 Å². The average molecular weight is 274 g/mol. The van der Waals surface area contributed by atoms with Crippen molar-refractivity contribution in [2.45, 2.75) is 13.0 Å². The van der Waals surface area contributed by atoms with Crippen LogP contribution in [0.1, 0.15) is 23.0 Å². The summed E-state index contributed by atoms with van der Waals surface area (Å²) in [6.45, 7) is 1.94. The standard InChI is InChI=1S/C14H18N4O2/c1-9-7-16-14(17-8-9)13(18-15)10-4-5-11(19-2)12(6-10)20-3/h4-8,13,18H,15H2,1-3H3. The SMILES string of the molecule is COc1ccc(C(NN)c2ncc(C)cn2)cc1OC. The van der Waals surface area contributed by atoms with Crippen molar-refractivity contribution in [2.24, 2.45) is 5.84 Å². The minimum Gasteiger partial charge on any atom is -0.493 e. The molecule has 0 saturated heterocycles. The first-order valence-electron chi connectivity index (χ1n) is 6.16. The van der Waals surface area contributed by atoms with Crippen LogP contribution in [-0.2, 0) is 0 Å². The number of aromatic nitrogens is 2. The third-order valence-corrected chi connectivity index (χ3v) is 2.97. The van der Waals surface area contributed by atoms with Crippen LogP contribution in [-0.4, -0.2) is 24.2 Å². The van der Waals surface area contributed by atoms with Gasteiger partial charge in [0.05, 0.1) is 14.2 Å². The van der Waals surface area contributed by atoms with E-state index in [0.717, 1.165) is 11.1 Å². The summed E-state index contributed by atoms with van der Waals surface area (Å²) in [7, 11) is 3.19. The van der Waals surface area contributed by atoms with E-state index in [1.807, 2.05) is 25.1 Å². The van der Waals surface area contributed by atoms with Crippen LogP contribution in [0.2, 0.25) is 0 Å². The molecule has 6 nitrogen and oxygen atoms in total. The zero-order valence-corrected chi connectivity index (χ0v) is 11.8. The predicted octanol–water partition coefficient (Wildman–Crippen LogP) is 1.35. The number of benzene rings is 1. The number of ether oxygens (including phenoxy) is 2. The van der Waals surface area contributed by atoms with E-state index in [9.17, 15) is 0 Å². The largest absolute Gasteiger partial charge is 0.493 e. The lowest BCUT2D eigenvalue weighted by molar-refractivity contribution is 0.354. The molecule has 1 aromatic carbocycles. The van der Waals surface area contributed by atoms with Gasteiger partial charge >= 0.3 is 0 Å². The van der Waals surface area contributed by atoms with Crippen LogP contribution in [0.5, 0.6) is 11.5 Å². The second-order valence-electron chi connectivity index (χ2n) is 4.33. The third-order valence-electron chi connectivity index (χ3n) is 2.97. The molecule has 3 N–H and O–H groups in total. The molecule has 0 aliphatic heterocycles. The normalized spacial score (nSPS) is 12.0. The van der Waals surface area contributed by atoms with Crippen LogP contribution >= 0.6 is 0 Å². The molecular weight excluding hydrogens is 256 g/mol. The van der Waals surface area contributed by atoms with Crippen LogP contribution in [0.15, 0.2) is 30.6 Å². The highest BCUT2D eigenvalue weighted by Crippen LogP contribution is 2.31. The van der Waals surface area contributed by atoms with Crippen LogP contribution in [0.3, 0.4) is 0 Å². The number of hydrogen-bond donors (Lipinski definition) is 2. The van der Waals surface area contributed by atoms with E-state index in [4.69, 9.17) is 15.3 Å². The second-order valence-corrected chi connectivity index (χ2v) is 4.33. The van der Waals surface area contributed by atoms with E-state index in [1.165, 1.54) is 0 Å². The quantitative estimate of drug-likeness (QED) is 0.632. The van der Waals surface area contributed by atoms with Gasteiger partial charge in [0.1, 0.15) is 6.04 Å². The van der Waals surface area contributed by atoms with Crippen LogP contribution in [0.25, 0.3) is 0 Å². The van der Waals surface area contributed by atoms with E-state index < -0.39 is 0 Å². The summed E-state index contributed by atoms with van der Waals surface area (Å²) in [6, 6.07) is 5.27. The predicted molar refractivity (Wildman–Crippen MR) is 75.5 cm³/mol. The molecule has 0 bridgehead atoms. The van der Waals surface area contributed by atoms with Crippen molar-refractivity contribution in [1.82, 2.24) is 15.4 Å². The number of hydrazine groups is 1. The lowest BCUT2D eigenvalue weighted by Crippen LogP contribution is -2.30. The van der Waals surface area contributed by atoms with Gasteiger partial charge in [-0.05, 0) is 30.2 Å². The molecule has 106 valence electrons. The van der Waals surface area contributed by atoms with Gasteiger partial charge in [-0.1, -0.05) is 6.07 Å². The smallest absolute Gasteiger partial charge is 0.161 e. The Morgan fingerprint density at radius 2 is 1.75 bits per heavy atom. The van der Waals surface area contributed by atoms with Crippen molar-refractivity contribution in [3.8, 4) is 11.5 Å². The summed E-state index contributed by atoms with van der Waals surface area (Å²) in [6.07, 6.45) is 3.51. The monoisotopic (exact) mass is 274 g/mol. The Morgan fingerprint density at radius 1 is 1.10 bits per heavy atom. The molecule has 0 saturated carbocycles. The van der Waals surface area contributed by atoms with Gasteiger partial charge in [-0.3, -0.25) is 5.84 Å². The maximum Gasteiger partial charge on any atom is 0.161 e. The third kappa shape index (κ3) is 2.87. The lowest BCUT2D eigenvalue weighted by Gasteiger charge is -2.17. The van der Waals surface area contributed by atoms with Gasteiger partial charge in [-0.2, -0.15) is 0 Å². The van der Waals surface area contributed by atoms with Gasteiger partial charge in [0.15, 0.2) is 17.3 Å². The van der Waals surface area contributed by atoms with Crippen molar-refractivity contribution in [2.75, 3.05) is 14.2 Å². The lowest BCUT2D eigenvalue weighted by atomic mass is 10.1. The molecule has 0 spiro atoms. The minimum atomic E-state index is -0.310. The maximum atomic E-state index is 5.63. The van der Waals surface area contributed by atoms with Gasteiger partial charge < -0.3 is 9.47 Å². The molecule has 0 aliphatic carbocycles. The Kier molecular flexibility index (Phi) is 4.49. The first-order valence-corrected chi connectivity index (χ1v) is 6.16. The molecule has 1 aromatic heterocycles. The highest BCUT2D eigenvalue weighted by Gasteiger charge is 2.17. The molecule has 1 heterocycles. The molecule has 1 atom stereocenters. The van der Waals surface area contributed by atoms with Crippen molar-refractivity contribution < 1.29 is 9.47 Å². The fourth-order valence-corrected chi connectivity index (χ4v) is 1.90. The number of hydrogen-bond acceptors (Lipinski definition) is 6. The molecule has 6 heteroatoms. The molecular formula is C14H18N4O2. The zero-order chi connectivity index (χ0) is 14.5. The van der Waals surface area contributed by atoms with Gasteiger partial charge in [0.25, 0.3) is 0 Å². The molecule has 2 rings (SSSR count). The highest BCUT2D eigenvalue weighted by molar-refractivity contribution is 5.44. The number of nitrogens with two attached hydrogens (primary N) is 1. The van der Waals surface area contributed by atoms with E-state index in [2.05, 4.69) is 15.4 Å². The molecule has 0 amide bonds. The second kappa shape index (κ2) is 6.31. The fourth-order valence-electron chi connectivity index (χ4n) is 1.90. The number of nitrogens with one attached hydrogen (secondary N) is 1. The van der Waals surface area contributed by atoms with Gasteiger partial charge in [0.2, 0.25) is 0 Å². The van der Waals surface area contributed by atoms with Crippen LogP contribution < -0.4 is 20.7 Å². The topological polar surface area (TPSA) is 82.3 Å². The molecule has 2 aromatic rings. The van der Waals surface area contributed by atoms with Crippen molar-refractivity contribution in [3.05, 3.63) is 47.5 Å². The summed E-state index contributed by atoms with van der Waals surface area (Å²) < 4.78 is 10.5. The summed E-state index contributed by atoms with van der Waals surface area (Å²) in [5.41, 5.74) is 4.62. The first kappa shape index (κ1) is 14.2. The van der Waals surface area contributed by atoms with Gasteiger partial charge in [-0.25, -0.2) is 15.4 Å². The highest BCUT2D eigenvalue weighted by atomic mass is 16.5.